The average Bonchev–Trinajstić information content (AvgIpc) is 3.08. The van der Waals surface area contributed by atoms with Crippen molar-refractivity contribution in [1.82, 2.24) is 9.55 Å². The molecule has 1 aromatic carbocycles. The average molecular weight is 314 g/mol. The predicted molar refractivity (Wildman–Crippen MR) is 89.0 cm³/mol. The summed E-state index contributed by atoms with van der Waals surface area (Å²) in [6.45, 7) is 0. The highest BCUT2D eigenvalue weighted by atomic mass is 32.2. The van der Waals surface area contributed by atoms with Gasteiger partial charge in [0, 0.05) is 4.88 Å². The molecule has 0 atom stereocenters. The van der Waals surface area contributed by atoms with E-state index in [1.54, 1.807) is 15.9 Å². The Bertz CT molecular complexity index is 881. The maximum Gasteiger partial charge on any atom is 0.267 e. The molecule has 1 aliphatic rings. The van der Waals surface area contributed by atoms with Crippen molar-refractivity contribution >= 4 is 33.3 Å². The lowest BCUT2D eigenvalue weighted by atomic mass is 10.2. The maximum atomic E-state index is 13.0. The van der Waals surface area contributed by atoms with Crippen LogP contribution in [0.3, 0.4) is 0 Å². The van der Waals surface area contributed by atoms with Crippen molar-refractivity contribution in [1.29, 1.82) is 0 Å². The zero-order valence-electron chi connectivity index (χ0n) is 11.6. The van der Waals surface area contributed by atoms with Crippen LogP contribution in [-0.2, 0) is 12.8 Å². The molecule has 0 bridgehead atoms. The standard InChI is InChI=1S/C16H14N2OS2/c1-20-16-17-14-13(11-8-5-9-12(11)21-14)15(19)18(16)10-6-3-2-4-7-10/h2-4,6-7H,5,8-9H2,1H3. The van der Waals surface area contributed by atoms with Crippen molar-refractivity contribution in [2.24, 2.45) is 0 Å². The second kappa shape index (κ2) is 5.00. The van der Waals surface area contributed by atoms with E-state index in [4.69, 9.17) is 4.98 Å². The molecule has 0 fully saturated rings. The van der Waals surface area contributed by atoms with Gasteiger partial charge in [0.15, 0.2) is 5.16 Å². The molecule has 0 unspecified atom stereocenters. The highest BCUT2D eigenvalue weighted by Crippen LogP contribution is 2.35. The number of fused-ring (bicyclic) bond motifs is 3. The van der Waals surface area contributed by atoms with Crippen LogP contribution in [0.5, 0.6) is 0 Å². The number of aryl methyl sites for hydroxylation is 2. The van der Waals surface area contributed by atoms with Gasteiger partial charge >= 0.3 is 0 Å². The Morgan fingerprint density at radius 3 is 2.81 bits per heavy atom. The number of hydrogen-bond donors (Lipinski definition) is 0. The summed E-state index contributed by atoms with van der Waals surface area (Å²) in [6, 6.07) is 9.78. The van der Waals surface area contributed by atoms with Crippen LogP contribution in [-0.4, -0.2) is 15.8 Å². The summed E-state index contributed by atoms with van der Waals surface area (Å²) in [6.07, 6.45) is 5.23. The van der Waals surface area contributed by atoms with Crippen molar-refractivity contribution in [3.8, 4) is 5.69 Å². The summed E-state index contributed by atoms with van der Waals surface area (Å²) in [4.78, 5) is 20.0. The third-order valence-corrected chi connectivity index (χ3v) is 5.73. The molecule has 3 aromatic rings. The molecule has 0 spiro atoms. The van der Waals surface area contributed by atoms with Crippen LogP contribution in [0.2, 0.25) is 0 Å². The third kappa shape index (κ3) is 1.95. The number of thioether (sulfide) groups is 1. The minimum Gasteiger partial charge on any atom is -0.268 e. The van der Waals surface area contributed by atoms with E-state index < -0.39 is 0 Å². The van der Waals surface area contributed by atoms with Crippen molar-refractivity contribution in [2.75, 3.05) is 6.26 Å². The van der Waals surface area contributed by atoms with Gasteiger partial charge in [-0.15, -0.1) is 11.3 Å². The molecule has 1 aliphatic carbocycles. The maximum absolute atomic E-state index is 13.0. The van der Waals surface area contributed by atoms with Gasteiger partial charge in [0.1, 0.15) is 4.83 Å². The van der Waals surface area contributed by atoms with Crippen molar-refractivity contribution in [2.45, 2.75) is 24.4 Å². The van der Waals surface area contributed by atoms with Crippen LogP contribution in [0.1, 0.15) is 16.9 Å². The molecule has 0 aliphatic heterocycles. The lowest BCUT2D eigenvalue weighted by Crippen LogP contribution is -2.21. The Hall–Kier alpha value is -1.59. The first-order valence-corrected chi connectivity index (χ1v) is 9.00. The zero-order chi connectivity index (χ0) is 14.4. The van der Waals surface area contributed by atoms with E-state index in [0.717, 1.165) is 40.3 Å². The fraction of sp³-hybridized carbons (Fsp3) is 0.250. The third-order valence-electron chi connectivity index (χ3n) is 3.91. The molecule has 5 heteroatoms. The first kappa shape index (κ1) is 13.1. The van der Waals surface area contributed by atoms with Gasteiger partial charge in [-0.05, 0) is 43.2 Å². The lowest BCUT2D eigenvalue weighted by Gasteiger charge is -2.10. The molecule has 2 heterocycles. The van der Waals surface area contributed by atoms with Crippen LogP contribution < -0.4 is 5.56 Å². The van der Waals surface area contributed by atoms with Crippen LogP contribution in [0.25, 0.3) is 15.9 Å². The Labute approximate surface area is 130 Å². The Balaban J connectivity index is 2.10. The predicted octanol–water partition coefficient (Wildman–Crippen LogP) is 3.66. The SMILES string of the molecule is CSc1nc2sc3c(c2c(=O)n1-c1ccccc1)CCC3. The van der Waals surface area contributed by atoms with E-state index in [2.05, 4.69) is 0 Å². The molecule has 0 radical (unpaired) electrons. The molecule has 21 heavy (non-hydrogen) atoms. The summed E-state index contributed by atoms with van der Waals surface area (Å²) in [7, 11) is 0. The van der Waals surface area contributed by atoms with E-state index in [1.807, 2.05) is 36.6 Å². The van der Waals surface area contributed by atoms with Crippen LogP contribution >= 0.6 is 23.1 Å². The molecule has 0 amide bonds. The smallest absolute Gasteiger partial charge is 0.267 e. The second-order valence-corrected chi connectivity index (χ2v) is 6.97. The highest BCUT2D eigenvalue weighted by molar-refractivity contribution is 7.98. The van der Waals surface area contributed by atoms with Crippen molar-refractivity contribution in [3.05, 3.63) is 51.1 Å². The molecule has 106 valence electrons. The first-order chi connectivity index (χ1) is 10.3. The number of aromatic nitrogens is 2. The fourth-order valence-corrected chi connectivity index (χ4v) is 4.83. The van der Waals surface area contributed by atoms with Crippen LogP contribution in [0.4, 0.5) is 0 Å². The monoisotopic (exact) mass is 314 g/mol. The molecular weight excluding hydrogens is 300 g/mol. The van der Waals surface area contributed by atoms with Crippen LogP contribution in [0.15, 0.2) is 40.3 Å². The molecule has 0 saturated carbocycles. The van der Waals surface area contributed by atoms with Crippen LogP contribution in [0, 0.1) is 0 Å². The van der Waals surface area contributed by atoms with E-state index in [1.165, 1.54) is 22.2 Å². The fourth-order valence-electron chi connectivity index (χ4n) is 2.97. The van der Waals surface area contributed by atoms with E-state index in [0.29, 0.717) is 0 Å². The molecule has 3 nitrogen and oxygen atoms in total. The molecule has 0 saturated heterocycles. The van der Waals surface area contributed by atoms with Gasteiger partial charge in [-0.25, -0.2) is 4.98 Å². The summed E-state index contributed by atoms with van der Waals surface area (Å²) >= 11 is 3.21. The van der Waals surface area contributed by atoms with Crippen molar-refractivity contribution in [3.63, 3.8) is 0 Å². The quantitative estimate of drug-likeness (QED) is 0.535. The van der Waals surface area contributed by atoms with Gasteiger partial charge in [0.25, 0.3) is 5.56 Å². The van der Waals surface area contributed by atoms with E-state index >= 15 is 0 Å². The van der Waals surface area contributed by atoms with Gasteiger partial charge in [-0.2, -0.15) is 0 Å². The molecule has 2 aromatic heterocycles. The van der Waals surface area contributed by atoms with E-state index in [9.17, 15) is 4.79 Å². The summed E-state index contributed by atoms with van der Waals surface area (Å²) in [5.41, 5.74) is 2.21. The Morgan fingerprint density at radius 1 is 1.24 bits per heavy atom. The topological polar surface area (TPSA) is 34.9 Å². The normalized spacial score (nSPS) is 13.8. The number of hydrogen-bond acceptors (Lipinski definition) is 4. The summed E-state index contributed by atoms with van der Waals surface area (Å²) < 4.78 is 1.75. The number of rotatable bonds is 2. The summed E-state index contributed by atoms with van der Waals surface area (Å²) in [5, 5.41) is 1.60. The second-order valence-electron chi connectivity index (χ2n) is 5.11. The lowest BCUT2D eigenvalue weighted by molar-refractivity contribution is 0.822. The van der Waals surface area contributed by atoms with E-state index in [-0.39, 0.29) is 5.56 Å². The number of nitrogens with zero attached hydrogens (tertiary/aromatic N) is 2. The largest absolute Gasteiger partial charge is 0.268 e. The Morgan fingerprint density at radius 2 is 2.05 bits per heavy atom. The molecular formula is C16H14N2OS2. The summed E-state index contributed by atoms with van der Waals surface area (Å²) in [5.74, 6) is 0. The van der Waals surface area contributed by atoms with Gasteiger partial charge in [0.05, 0.1) is 11.1 Å². The number of benzene rings is 1. The molecule has 4 rings (SSSR count). The Kier molecular flexibility index (Phi) is 3.12. The number of para-hydroxylation sites is 1. The van der Waals surface area contributed by atoms with Gasteiger partial charge < -0.3 is 0 Å². The zero-order valence-corrected chi connectivity index (χ0v) is 13.3. The minimum atomic E-state index is 0.0787. The molecule has 0 N–H and O–H groups in total. The van der Waals surface area contributed by atoms with Gasteiger partial charge in [0.2, 0.25) is 0 Å². The van der Waals surface area contributed by atoms with Gasteiger partial charge in [-0.3, -0.25) is 9.36 Å². The first-order valence-electron chi connectivity index (χ1n) is 6.96. The van der Waals surface area contributed by atoms with Gasteiger partial charge in [-0.1, -0.05) is 30.0 Å². The minimum absolute atomic E-state index is 0.0787. The highest BCUT2D eigenvalue weighted by Gasteiger charge is 2.23. The van der Waals surface area contributed by atoms with Crippen molar-refractivity contribution < 1.29 is 0 Å². The number of thiophene rings is 1.